The lowest BCUT2D eigenvalue weighted by Crippen LogP contribution is -2.32. The van der Waals surface area contributed by atoms with Gasteiger partial charge in [-0.25, -0.2) is 0 Å². The van der Waals surface area contributed by atoms with Crippen LogP contribution in [0.15, 0.2) is 16.6 Å². The lowest BCUT2D eigenvalue weighted by atomic mass is 9.68. The number of allylic oxidation sites excluding steroid dienone is 2. The van der Waals surface area contributed by atoms with Gasteiger partial charge in [-0.2, -0.15) is 0 Å². The number of Topliss-reactive ketones (excluding diaryl/α,β-unsaturated/α-hetero) is 5. The van der Waals surface area contributed by atoms with Gasteiger partial charge in [0.25, 0.3) is 0 Å². The van der Waals surface area contributed by atoms with Crippen molar-refractivity contribution in [3.05, 3.63) is 11.6 Å². The fourth-order valence-electron chi connectivity index (χ4n) is 2.35. The number of nitrogens with zero attached hydrogens (tertiary/aromatic N) is 1. The van der Waals surface area contributed by atoms with Gasteiger partial charge in [0, 0.05) is 32.2 Å². The molecule has 0 aliphatic heterocycles. The normalized spacial score (nSPS) is 13.0. The molecule has 1 aliphatic rings. The van der Waals surface area contributed by atoms with E-state index in [1.165, 1.54) is 13.3 Å². The van der Waals surface area contributed by atoms with Crippen molar-refractivity contribution in [1.29, 1.82) is 0 Å². The van der Waals surface area contributed by atoms with Crippen LogP contribution in [0.25, 0.3) is 0 Å². The molecule has 0 aromatic heterocycles. The number of hydrogen-bond donors (Lipinski definition) is 0. The molecular weight excluding hydrogens is 466 g/mol. The van der Waals surface area contributed by atoms with E-state index < -0.39 is 0 Å². The zero-order valence-electron chi connectivity index (χ0n) is 26.9. The van der Waals surface area contributed by atoms with E-state index in [-0.39, 0.29) is 28.5 Å². The third-order valence-electron chi connectivity index (χ3n) is 5.44. The molecule has 218 valence electrons. The van der Waals surface area contributed by atoms with Crippen molar-refractivity contribution in [3.63, 3.8) is 0 Å². The van der Waals surface area contributed by atoms with Crippen molar-refractivity contribution < 1.29 is 24.0 Å². The Morgan fingerprint density at radius 1 is 0.838 bits per heavy atom. The van der Waals surface area contributed by atoms with Crippen molar-refractivity contribution in [3.8, 4) is 0 Å². The average Bonchev–Trinajstić information content (AvgIpc) is 2.78. The highest BCUT2D eigenvalue weighted by Gasteiger charge is 2.35. The Balaban J connectivity index is -0.000000114. The molecule has 1 fully saturated rings. The Hall–Kier alpha value is -2.24. The van der Waals surface area contributed by atoms with Crippen LogP contribution in [-0.4, -0.2) is 41.7 Å². The number of aliphatic imine (C=N–C) groups is 1. The topological polar surface area (TPSA) is 97.7 Å². The van der Waals surface area contributed by atoms with E-state index in [0.717, 1.165) is 37.7 Å². The molecule has 6 heteroatoms. The third-order valence-corrected chi connectivity index (χ3v) is 5.44. The van der Waals surface area contributed by atoms with E-state index in [4.69, 9.17) is 0 Å². The minimum absolute atomic E-state index is 0.0440. The summed E-state index contributed by atoms with van der Waals surface area (Å²) in [5.41, 5.74) is 1.50. The van der Waals surface area contributed by atoms with Gasteiger partial charge in [-0.1, -0.05) is 54.0 Å². The first kappa shape index (κ1) is 44.7. The number of hydrogen-bond acceptors (Lipinski definition) is 6. The highest BCUT2D eigenvalue weighted by atomic mass is 16.1. The van der Waals surface area contributed by atoms with Crippen LogP contribution in [0, 0.1) is 11.3 Å². The van der Waals surface area contributed by atoms with Gasteiger partial charge in [-0.15, -0.1) is 0 Å². The first-order valence-corrected chi connectivity index (χ1v) is 13.5. The summed E-state index contributed by atoms with van der Waals surface area (Å²) < 4.78 is 0. The Bertz CT molecular complexity index is 683. The molecule has 1 rings (SSSR count). The predicted molar refractivity (Wildman–Crippen MR) is 160 cm³/mol. The second-order valence-electron chi connectivity index (χ2n) is 9.62. The van der Waals surface area contributed by atoms with Gasteiger partial charge in [0.05, 0.1) is 5.71 Å². The summed E-state index contributed by atoms with van der Waals surface area (Å²) in [5.74, 6) is 1.67. The highest BCUT2D eigenvalue weighted by Crippen LogP contribution is 2.40. The summed E-state index contributed by atoms with van der Waals surface area (Å²) in [6.45, 7) is 25.5. The molecule has 0 aromatic rings. The molecule has 0 saturated heterocycles. The van der Waals surface area contributed by atoms with Crippen LogP contribution in [0.2, 0.25) is 0 Å². The minimum Gasteiger partial charge on any atom is -0.300 e. The lowest BCUT2D eigenvalue weighted by Gasteiger charge is -2.35. The smallest absolute Gasteiger partial charge is 0.173 e. The summed E-state index contributed by atoms with van der Waals surface area (Å²) in [6, 6.07) is 0. The SMILES string of the molecule is CC.CC(=O)C1(C)CCC1.CC(=O)CC(C)C.CC=C(C)C(C)=O.CCCC(C)=O.CN=C(C)C(C)=O. The van der Waals surface area contributed by atoms with Gasteiger partial charge >= 0.3 is 0 Å². The van der Waals surface area contributed by atoms with E-state index in [1.807, 2.05) is 54.5 Å². The summed E-state index contributed by atoms with van der Waals surface area (Å²) in [4.78, 5) is 55.3. The van der Waals surface area contributed by atoms with Crippen LogP contribution >= 0.6 is 0 Å². The lowest BCUT2D eigenvalue weighted by molar-refractivity contribution is -0.129. The molecule has 0 spiro atoms. The Kier molecular flexibility index (Phi) is 34.3. The van der Waals surface area contributed by atoms with Crippen molar-refractivity contribution in [1.82, 2.24) is 0 Å². The standard InChI is InChI=1S/C7H12O.C6H12O.C6H10O.C5H9NO.C5H10O.C2H6/c1-6(8)7(2)4-3-5-7;1-5(2)4-6(3)7;1-4-5(2)6(3)7;1-4(6-3)5(2)7;1-3-4-5(2)6;1-2/h3-5H2,1-2H3;5H,4H2,1-3H3;4H,1-3H3;1-3H3;3-4H2,1-2H3;1-2H3. The number of rotatable bonds is 7. The fraction of sp³-hybridized carbons (Fsp3) is 0.742. The second-order valence-corrected chi connectivity index (χ2v) is 9.62. The zero-order chi connectivity index (χ0) is 30.8. The number of carbonyl (C=O) groups excluding carboxylic acids is 5. The molecule has 0 amide bonds. The van der Waals surface area contributed by atoms with E-state index in [9.17, 15) is 24.0 Å². The Labute approximate surface area is 229 Å². The van der Waals surface area contributed by atoms with Crippen LogP contribution < -0.4 is 0 Å². The van der Waals surface area contributed by atoms with E-state index in [1.54, 1.807) is 41.7 Å². The van der Waals surface area contributed by atoms with Crippen molar-refractivity contribution >= 4 is 34.6 Å². The molecular formula is C31H59NO5. The summed E-state index contributed by atoms with van der Waals surface area (Å²) in [7, 11) is 1.61. The summed E-state index contributed by atoms with van der Waals surface area (Å²) in [5, 5.41) is 0. The highest BCUT2D eigenvalue weighted by molar-refractivity contribution is 6.37. The summed E-state index contributed by atoms with van der Waals surface area (Å²) in [6.07, 6.45) is 7.72. The van der Waals surface area contributed by atoms with E-state index in [0.29, 0.717) is 17.4 Å². The van der Waals surface area contributed by atoms with Crippen molar-refractivity contribution in [2.75, 3.05) is 7.05 Å². The molecule has 0 aromatic carbocycles. The molecule has 0 radical (unpaired) electrons. The molecule has 6 nitrogen and oxygen atoms in total. The Morgan fingerprint density at radius 2 is 1.27 bits per heavy atom. The monoisotopic (exact) mass is 525 g/mol. The zero-order valence-corrected chi connectivity index (χ0v) is 26.9. The number of ketones is 5. The molecule has 0 unspecified atom stereocenters. The molecule has 0 bridgehead atoms. The predicted octanol–water partition coefficient (Wildman–Crippen LogP) is 8.00. The van der Waals surface area contributed by atoms with E-state index >= 15 is 0 Å². The summed E-state index contributed by atoms with van der Waals surface area (Å²) >= 11 is 0. The molecule has 0 N–H and O–H groups in total. The fourth-order valence-corrected chi connectivity index (χ4v) is 2.35. The maximum absolute atomic E-state index is 10.7. The van der Waals surface area contributed by atoms with Crippen molar-refractivity contribution in [2.45, 2.75) is 135 Å². The first-order valence-electron chi connectivity index (χ1n) is 13.5. The molecule has 0 atom stereocenters. The third kappa shape index (κ3) is 36.0. The van der Waals surface area contributed by atoms with Crippen LogP contribution in [-0.2, 0) is 24.0 Å². The van der Waals surface area contributed by atoms with Gasteiger partial charge in [0.1, 0.15) is 17.3 Å². The van der Waals surface area contributed by atoms with Gasteiger partial charge in [0.2, 0.25) is 0 Å². The maximum Gasteiger partial charge on any atom is 0.173 e. The Morgan fingerprint density at radius 3 is 1.27 bits per heavy atom. The average molecular weight is 526 g/mol. The molecule has 0 heterocycles. The van der Waals surface area contributed by atoms with E-state index in [2.05, 4.69) is 11.9 Å². The first-order chi connectivity index (χ1) is 16.9. The van der Waals surface area contributed by atoms with Crippen LogP contribution in [0.5, 0.6) is 0 Å². The van der Waals surface area contributed by atoms with Gasteiger partial charge in [0.15, 0.2) is 11.6 Å². The maximum atomic E-state index is 10.7. The van der Waals surface area contributed by atoms with Gasteiger partial charge in [-0.05, 0) is 79.2 Å². The minimum atomic E-state index is 0.0440. The van der Waals surface area contributed by atoms with Gasteiger partial charge in [-0.3, -0.25) is 19.4 Å². The number of carbonyl (C=O) groups is 5. The van der Waals surface area contributed by atoms with Crippen LogP contribution in [0.4, 0.5) is 0 Å². The van der Waals surface area contributed by atoms with Gasteiger partial charge < -0.3 is 9.59 Å². The quantitative estimate of drug-likeness (QED) is 0.248. The molecule has 1 aliphatic carbocycles. The van der Waals surface area contributed by atoms with Crippen LogP contribution in [0.3, 0.4) is 0 Å². The second kappa shape index (κ2) is 28.3. The van der Waals surface area contributed by atoms with Crippen LogP contribution in [0.1, 0.15) is 135 Å². The molecule has 1 saturated carbocycles. The largest absolute Gasteiger partial charge is 0.300 e. The van der Waals surface area contributed by atoms with Crippen molar-refractivity contribution in [2.24, 2.45) is 16.3 Å². The molecule has 37 heavy (non-hydrogen) atoms.